The molecule has 0 spiro atoms. The van der Waals surface area contributed by atoms with Crippen LogP contribution in [0.15, 0.2) is 73.1 Å². The summed E-state index contributed by atoms with van der Waals surface area (Å²) in [5.41, 5.74) is 0.863. The predicted octanol–water partition coefficient (Wildman–Crippen LogP) is 3.63. The Balaban J connectivity index is 1.87. The smallest absolute Gasteiger partial charge is 0.298 e. The van der Waals surface area contributed by atoms with Gasteiger partial charge in [-0.1, -0.05) is 18.2 Å². The van der Waals surface area contributed by atoms with E-state index in [-0.39, 0.29) is 11.1 Å². The van der Waals surface area contributed by atoms with Crippen molar-refractivity contribution in [1.29, 1.82) is 0 Å². The molecule has 8 nitrogen and oxygen atoms in total. The van der Waals surface area contributed by atoms with Crippen LogP contribution < -0.4 is 10.4 Å². The van der Waals surface area contributed by atoms with Crippen LogP contribution in [-0.2, 0) is 26.0 Å². The van der Waals surface area contributed by atoms with Crippen molar-refractivity contribution in [2.24, 2.45) is 0 Å². The molecule has 0 radical (unpaired) electrons. The second-order valence-electron chi connectivity index (χ2n) is 7.03. The Hall–Kier alpha value is -3.83. The maximum Gasteiger partial charge on any atom is 0.298 e. The molecule has 1 amide bonds. The molecule has 0 aliphatic carbocycles. The maximum atomic E-state index is 15.2. The SMILES string of the molecule is CN(O[SH](=O)=O)c1ccc2cc(NC=O)n(-c3cccc(C(F)(F)c4ccncc4)c3)c2c1. The van der Waals surface area contributed by atoms with E-state index in [4.69, 9.17) is 4.28 Å². The molecule has 2 aromatic carbocycles. The molecule has 4 aromatic rings. The number of hydroxylamine groups is 1. The fraction of sp³-hybridized carbons (Fsp3) is 0.0909. The van der Waals surface area contributed by atoms with Crippen LogP contribution in [0.5, 0.6) is 0 Å². The number of hydrogen-bond donors (Lipinski definition) is 2. The molecule has 0 fully saturated rings. The van der Waals surface area contributed by atoms with E-state index in [1.165, 1.54) is 49.8 Å². The summed E-state index contributed by atoms with van der Waals surface area (Å²) in [5.74, 6) is -2.93. The third-order valence-electron chi connectivity index (χ3n) is 5.06. The van der Waals surface area contributed by atoms with Gasteiger partial charge in [-0.3, -0.25) is 14.3 Å². The summed E-state index contributed by atoms with van der Waals surface area (Å²) in [7, 11) is -1.71. The first kappa shape index (κ1) is 22.4. The number of pyridine rings is 1. The maximum absolute atomic E-state index is 15.2. The Morgan fingerprint density at radius 3 is 2.52 bits per heavy atom. The number of nitrogens with zero attached hydrogens (tertiary/aromatic N) is 3. The highest BCUT2D eigenvalue weighted by Crippen LogP contribution is 2.37. The molecule has 0 saturated carbocycles. The molecule has 2 heterocycles. The van der Waals surface area contributed by atoms with Crippen LogP contribution in [0.2, 0.25) is 0 Å². The van der Waals surface area contributed by atoms with Gasteiger partial charge in [0.1, 0.15) is 5.82 Å². The molecular weight excluding hydrogens is 454 g/mol. The molecule has 0 bridgehead atoms. The van der Waals surface area contributed by atoms with Gasteiger partial charge in [-0.15, -0.1) is 0 Å². The lowest BCUT2D eigenvalue weighted by molar-refractivity contribution is -0.105. The van der Waals surface area contributed by atoms with Gasteiger partial charge in [-0.05, 0) is 42.5 Å². The van der Waals surface area contributed by atoms with Crippen molar-refractivity contribution in [3.63, 3.8) is 0 Å². The van der Waals surface area contributed by atoms with E-state index in [0.29, 0.717) is 34.5 Å². The highest BCUT2D eigenvalue weighted by Gasteiger charge is 2.34. The number of benzene rings is 2. The van der Waals surface area contributed by atoms with Gasteiger partial charge in [0, 0.05) is 41.6 Å². The van der Waals surface area contributed by atoms with Gasteiger partial charge in [0.05, 0.1) is 11.2 Å². The number of aromatic nitrogens is 2. The lowest BCUT2D eigenvalue weighted by atomic mass is 10.0. The average Bonchev–Trinajstić information content (AvgIpc) is 3.16. The van der Waals surface area contributed by atoms with Crippen LogP contribution in [0.3, 0.4) is 0 Å². The number of hydrogen-bond acceptors (Lipinski definition) is 6. The predicted molar refractivity (Wildman–Crippen MR) is 120 cm³/mol. The van der Waals surface area contributed by atoms with Crippen molar-refractivity contribution in [2.45, 2.75) is 5.92 Å². The number of nitrogens with one attached hydrogen (secondary N) is 1. The highest BCUT2D eigenvalue weighted by molar-refractivity contribution is 7.67. The van der Waals surface area contributed by atoms with Crippen LogP contribution in [0.1, 0.15) is 11.1 Å². The third-order valence-corrected chi connectivity index (χ3v) is 5.44. The molecule has 0 unspecified atom stereocenters. The monoisotopic (exact) mass is 472 g/mol. The molecule has 170 valence electrons. The van der Waals surface area contributed by atoms with E-state index < -0.39 is 16.9 Å². The third kappa shape index (κ3) is 4.41. The number of amides is 1. The molecule has 0 saturated heterocycles. The molecule has 1 N–H and O–H groups in total. The molecular formula is C22H18F2N4O4S. The summed E-state index contributed by atoms with van der Waals surface area (Å²) < 4.78 is 58.5. The molecule has 4 rings (SSSR count). The van der Waals surface area contributed by atoms with Crippen molar-refractivity contribution >= 4 is 39.8 Å². The number of rotatable bonds is 8. The van der Waals surface area contributed by atoms with Crippen LogP contribution in [0.4, 0.5) is 20.3 Å². The van der Waals surface area contributed by atoms with Gasteiger partial charge in [-0.2, -0.15) is 13.1 Å². The Morgan fingerprint density at radius 1 is 1.06 bits per heavy atom. The lowest BCUT2D eigenvalue weighted by Gasteiger charge is -2.19. The fourth-order valence-corrected chi connectivity index (χ4v) is 3.84. The molecule has 11 heteroatoms. The van der Waals surface area contributed by atoms with E-state index in [1.807, 2.05) is 0 Å². The number of anilines is 2. The van der Waals surface area contributed by atoms with Crippen molar-refractivity contribution in [1.82, 2.24) is 9.55 Å². The largest absolute Gasteiger partial charge is 0.314 e. The number of carbonyl (C=O) groups excluding carboxylic acids is 1. The van der Waals surface area contributed by atoms with Gasteiger partial charge in [0.15, 0.2) is 0 Å². The summed E-state index contributed by atoms with van der Waals surface area (Å²) in [6.45, 7) is 0. The van der Waals surface area contributed by atoms with Crippen molar-refractivity contribution < 1.29 is 26.3 Å². The van der Waals surface area contributed by atoms with E-state index in [1.54, 1.807) is 34.9 Å². The van der Waals surface area contributed by atoms with Crippen LogP contribution in [-0.4, -0.2) is 31.4 Å². The van der Waals surface area contributed by atoms with E-state index >= 15 is 8.78 Å². The first-order valence-corrected chi connectivity index (χ1v) is 10.7. The second-order valence-corrected chi connectivity index (χ2v) is 7.64. The van der Waals surface area contributed by atoms with Gasteiger partial charge < -0.3 is 5.32 Å². The van der Waals surface area contributed by atoms with Gasteiger partial charge in [0.2, 0.25) is 6.41 Å². The molecule has 0 atom stereocenters. The van der Waals surface area contributed by atoms with Crippen LogP contribution >= 0.6 is 0 Å². The minimum absolute atomic E-state index is 0.203. The number of fused-ring (bicyclic) bond motifs is 1. The number of halogens is 2. The minimum atomic E-state index is -3.28. The summed E-state index contributed by atoms with van der Waals surface area (Å²) in [6.07, 6.45) is 3.08. The Morgan fingerprint density at radius 2 is 1.82 bits per heavy atom. The summed E-state index contributed by atoms with van der Waals surface area (Å²) in [6, 6.07) is 14.9. The Bertz CT molecular complexity index is 1380. The molecule has 0 aliphatic rings. The fourth-order valence-electron chi connectivity index (χ4n) is 3.55. The first-order valence-electron chi connectivity index (χ1n) is 9.62. The highest BCUT2D eigenvalue weighted by atomic mass is 32.2. The number of thiol groups is 1. The standard InChI is InChI=1S/C22H18F2N4O4S/c1-27(32-33(30)31)18-6-5-15-11-21(26-14-29)28(20(15)13-18)19-4-2-3-17(12-19)22(23,24)16-7-9-25-10-8-16/h2-14,33H,1H3,(H,26,29). The lowest BCUT2D eigenvalue weighted by Crippen LogP contribution is -2.16. The van der Waals surface area contributed by atoms with E-state index in [0.717, 1.165) is 5.06 Å². The molecule has 33 heavy (non-hydrogen) atoms. The zero-order chi connectivity index (χ0) is 23.6. The van der Waals surface area contributed by atoms with Crippen molar-refractivity contribution in [3.05, 3.63) is 84.2 Å². The van der Waals surface area contributed by atoms with Crippen LogP contribution in [0.25, 0.3) is 16.6 Å². The normalized spacial score (nSPS) is 11.6. The zero-order valence-electron chi connectivity index (χ0n) is 17.2. The van der Waals surface area contributed by atoms with Crippen molar-refractivity contribution in [3.8, 4) is 5.69 Å². The second kappa shape index (κ2) is 8.96. The van der Waals surface area contributed by atoms with E-state index in [2.05, 4.69) is 10.3 Å². The molecule has 0 aliphatic heterocycles. The summed E-state index contributed by atoms with van der Waals surface area (Å²) in [4.78, 5) is 15.0. The Labute approximate surface area is 189 Å². The van der Waals surface area contributed by atoms with E-state index in [9.17, 15) is 13.2 Å². The number of alkyl halides is 2. The topological polar surface area (TPSA) is 93.5 Å². The summed E-state index contributed by atoms with van der Waals surface area (Å²) in [5, 5.41) is 4.33. The zero-order valence-corrected chi connectivity index (χ0v) is 18.1. The number of carbonyl (C=O) groups is 1. The molecule has 2 aromatic heterocycles. The minimum Gasteiger partial charge on any atom is -0.314 e. The quantitative estimate of drug-likeness (QED) is 0.231. The van der Waals surface area contributed by atoms with Gasteiger partial charge >= 0.3 is 0 Å². The van der Waals surface area contributed by atoms with Gasteiger partial charge in [-0.25, -0.2) is 13.5 Å². The first-order chi connectivity index (χ1) is 15.8. The Kier molecular flexibility index (Phi) is 6.07. The van der Waals surface area contributed by atoms with Crippen molar-refractivity contribution in [2.75, 3.05) is 17.4 Å². The van der Waals surface area contributed by atoms with Gasteiger partial charge in [0.25, 0.3) is 16.9 Å². The van der Waals surface area contributed by atoms with Crippen LogP contribution in [0, 0.1) is 0 Å². The summed E-state index contributed by atoms with van der Waals surface area (Å²) >= 11 is 0. The average molecular weight is 472 g/mol.